The Balaban J connectivity index is 2.84. The molecular formula is C11H16N2S2. The summed E-state index contributed by atoms with van der Waals surface area (Å²) in [5.41, 5.74) is 1.12. The topological polar surface area (TPSA) is 36.7 Å². The van der Waals surface area contributed by atoms with Crippen LogP contribution in [0.4, 0.5) is 0 Å². The summed E-state index contributed by atoms with van der Waals surface area (Å²) < 4.78 is 0. The maximum atomic E-state index is 8.73. The van der Waals surface area contributed by atoms with Crippen LogP contribution in [0.25, 0.3) is 0 Å². The van der Waals surface area contributed by atoms with E-state index in [1.807, 2.05) is 11.8 Å². The van der Waals surface area contributed by atoms with E-state index in [-0.39, 0.29) is 0 Å². The molecule has 0 aromatic carbocycles. The highest BCUT2D eigenvalue weighted by molar-refractivity contribution is 7.98. The Bertz CT molecular complexity index is 350. The van der Waals surface area contributed by atoms with Crippen molar-refractivity contribution in [1.82, 2.24) is 4.98 Å². The summed E-state index contributed by atoms with van der Waals surface area (Å²) in [6.07, 6.45) is 0.502. The van der Waals surface area contributed by atoms with Gasteiger partial charge >= 0.3 is 0 Å². The minimum atomic E-state index is 0.421. The maximum absolute atomic E-state index is 8.73. The van der Waals surface area contributed by atoms with Crippen LogP contribution in [0.5, 0.6) is 0 Å². The highest BCUT2D eigenvalue weighted by Gasteiger charge is 2.13. The van der Waals surface area contributed by atoms with Gasteiger partial charge in [-0.25, -0.2) is 4.98 Å². The SMILES string of the molecule is CCSCc1nc(C(C)C)c(CC#N)s1. The molecule has 2 nitrogen and oxygen atoms in total. The molecule has 1 rings (SSSR count). The van der Waals surface area contributed by atoms with Gasteiger partial charge in [-0.2, -0.15) is 17.0 Å². The number of thioether (sulfide) groups is 1. The van der Waals surface area contributed by atoms with E-state index in [9.17, 15) is 0 Å². The monoisotopic (exact) mass is 240 g/mol. The molecule has 0 atom stereocenters. The van der Waals surface area contributed by atoms with Crippen molar-refractivity contribution < 1.29 is 0 Å². The van der Waals surface area contributed by atoms with Crippen LogP contribution < -0.4 is 0 Å². The number of aromatic nitrogens is 1. The number of hydrogen-bond donors (Lipinski definition) is 0. The van der Waals surface area contributed by atoms with E-state index in [0.717, 1.165) is 27.1 Å². The van der Waals surface area contributed by atoms with Gasteiger partial charge in [-0.05, 0) is 11.7 Å². The highest BCUT2D eigenvalue weighted by Crippen LogP contribution is 2.27. The lowest BCUT2D eigenvalue weighted by Gasteiger charge is -2.00. The van der Waals surface area contributed by atoms with E-state index in [1.165, 1.54) is 0 Å². The first kappa shape index (κ1) is 12.5. The minimum absolute atomic E-state index is 0.421. The fourth-order valence-electron chi connectivity index (χ4n) is 1.31. The molecule has 0 fully saturated rings. The summed E-state index contributed by atoms with van der Waals surface area (Å²) in [7, 11) is 0. The van der Waals surface area contributed by atoms with Crippen LogP contribution in [0.1, 0.15) is 42.3 Å². The zero-order chi connectivity index (χ0) is 11.3. The van der Waals surface area contributed by atoms with Crippen molar-refractivity contribution in [3.8, 4) is 6.07 Å². The lowest BCUT2D eigenvalue weighted by molar-refractivity contribution is 0.816. The van der Waals surface area contributed by atoms with Gasteiger partial charge in [-0.15, -0.1) is 11.3 Å². The summed E-state index contributed by atoms with van der Waals surface area (Å²) in [4.78, 5) is 5.76. The molecule has 0 spiro atoms. The molecule has 1 aromatic heterocycles. The zero-order valence-corrected chi connectivity index (χ0v) is 11.0. The summed E-state index contributed by atoms with van der Waals surface area (Å²) in [5.74, 6) is 2.52. The third-order valence-electron chi connectivity index (χ3n) is 1.99. The van der Waals surface area contributed by atoms with Crippen LogP contribution >= 0.6 is 23.1 Å². The van der Waals surface area contributed by atoms with E-state index >= 15 is 0 Å². The van der Waals surface area contributed by atoms with Gasteiger partial charge in [-0.3, -0.25) is 0 Å². The highest BCUT2D eigenvalue weighted by atomic mass is 32.2. The average Bonchev–Trinajstić information content (AvgIpc) is 2.59. The summed E-state index contributed by atoms with van der Waals surface area (Å²) in [6, 6.07) is 2.21. The van der Waals surface area contributed by atoms with Crippen LogP contribution in [0.3, 0.4) is 0 Å². The van der Waals surface area contributed by atoms with Crippen molar-refractivity contribution >= 4 is 23.1 Å². The first-order chi connectivity index (χ1) is 7.19. The predicted molar refractivity (Wildman–Crippen MR) is 67.4 cm³/mol. The standard InChI is InChI=1S/C11H16N2S2/c1-4-14-7-10-13-11(8(2)3)9(15-10)5-6-12/h8H,4-5,7H2,1-3H3. The predicted octanol–water partition coefficient (Wildman–Crippen LogP) is 3.59. The maximum Gasteiger partial charge on any atom is 0.103 e. The molecule has 0 aliphatic rings. The Morgan fingerprint density at radius 1 is 1.53 bits per heavy atom. The van der Waals surface area contributed by atoms with E-state index in [0.29, 0.717) is 12.3 Å². The molecular weight excluding hydrogens is 224 g/mol. The molecule has 0 N–H and O–H groups in total. The molecule has 0 aliphatic heterocycles. The average molecular weight is 240 g/mol. The molecule has 0 amide bonds. The summed E-state index contributed by atoms with van der Waals surface area (Å²) in [6.45, 7) is 6.41. The van der Waals surface area contributed by atoms with Crippen LogP contribution in [0.15, 0.2) is 0 Å². The Morgan fingerprint density at radius 2 is 2.27 bits per heavy atom. The first-order valence-corrected chi connectivity index (χ1v) is 7.09. The number of rotatable bonds is 5. The van der Waals surface area contributed by atoms with Gasteiger partial charge in [0.2, 0.25) is 0 Å². The van der Waals surface area contributed by atoms with Gasteiger partial charge in [0.05, 0.1) is 18.2 Å². The molecule has 0 unspecified atom stereocenters. The summed E-state index contributed by atoms with van der Waals surface area (Å²) in [5, 5.41) is 9.90. The van der Waals surface area contributed by atoms with Crippen LogP contribution in [-0.4, -0.2) is 10.7 Å². The van der Waals surface area contributed by atoms with Gasteiger partial charge < -0.3 is 0 Å². The normalized spacial score (nSPS) is 10.6. The molecule has 0 saturated carbocycles. The molecule has 0 aliphatic carbocycles. The lowest BCUT2D eigenvalue weighted by atomic mass is 10.1. The van der Waals surface area contributed by atoms with Crippen molar-refractivity contribution in [2.45, 2.75) is 38.9 Å². The Labute approximate surface area is 99.7 Å². The van der Waals surface area contributed by atoms with Crippen molar-refractivity contribution in [3.05, 3.63) is 15.6 Å². The number of thiazole rings is 1. The molecule has 82 valence electrons. The molecule has 0 radical (unpaired) electrons. The van der Waals surface area contributed by atoms with Crippen molar-refractivity contribution in [3.63, 3.8) is 0 Å². The minimum Gasteiger partial charge on any atom is -0.245 e. The Morgan fingerprint density at radius 3 is 2.80 bits per heavy atom. The van der Waals surface area contributed by atoms with Gasteiger partial charge in [0.15, 0.2) is 0 Å². The Hall–Kier alpha value is -0.530. The quantitative estimate of drug-likeness (QED) is 0.789. The van der Waals surface area contributed by atoms with Crippen molar-refractivity contribution in [2.75, 3.05) is 5.75 Å². The fourth-order valence-corrected chi connectivity index (χ4v) is 3.19. The second kappa shape index (κ2) is 6.14. The second-order valence-electron chi connectivity index (χ2n) is 3.54. The molecule has 1 aromatic rings. The van der Waals surface area contributed by atoms with Gasteiger partial charge in [0.25, 0.3) is 0 Å². The number of nitrogens with zero attached hydrogens (tertiary/aromatic N) is 2. The largest absolute Gasteiger partial charge is 0.245 e. The fraction of sp³-hybridized carbons (Fsp3) is 0.636. The molecule has 15 heavy (non-hydrogen) atoms. The van der Waals surface area contributed by atoms with Gasteiger partial charge in [0.1, 0.15) is 5.01 Å². The molecule has 0 saturated heterocycles. The third-order valence-corrected chi connectivity index (χ3v) is 4.13. The van der Waals surface area contributed by atoms with Gasteiger partial charge in [0, 0.05) is 10.6 Å². The van der Waals surface area contributed by atoms with Crippen LogP contribution in [-0.2, 0) is 12.2 Å². The second-order valence-corrected chi connectivity index (χ2v) is 5.99. The van der Waals surface area contributed by atoms with Crippen LogP contribution in [0.2, 0.25) is 0 Å². The van der Waals surface area contributed by atoms with Gasteiger partial charge in [-0.1, -0.05) is 20.8 Å². The molecule has 0 bridgehead atoms. The zero-order valence-electron chi connectivity index (χ0n) is 9.41. The molecule has 4 heteroatoms. The van der Waals surface area contributed by atoms with Crippen molar-refractivity contribution in [2.24, 2.45) is 0 Å². The third kappa shape index (κ3) is 3.51. The smallest absolute Gasteiger partial charge is 0.103 e. The van der Waals surface area contributed by atoms with E-state index in [2.05, 4.69) is 31.8 Å². The summed E-state index contributed by atoms with van der Waals surface area (Å²) >= 11 is 3.58. The number of nitriles is 1. The van der Waals surface area contributed by atoms with E-state index < -0.39 is 0 Å². The first-order valence-electron chi connectivity index (χ1n) is 5.12. The van der Waals surface area contributed by atoms with Crippen LogP contribution in [0, 0.1) is 11.3 Å². The van der Waals surface area contributed by atoms with Crippen molar-refractivity contribution in [1.29, 1.82) is 5.26 Å². The van der Waals surface area contributed by atoms with E-state index in [1.54, 1.807) is 11.3 Å². The Kier molecular flexibility index (Phi) is 5.13. The number of hydrogen-bond acceptors (Lipinski definition) is 4. The molecule has 1 heterocycles. The lowest BCUT2D eigenvalue weighted by Crippen LogP contribution is -1.93. The van der Waals surface area contributed by atoms with E-state index in [4.69, 9.17) is 5.26 Å².